The van der Waals surface area contributed by atoms with E-state index in [-0.39, 0.29) is 0 Å². The van der Waals surface area contributed by atoms with E-state index in [9.17, 15) is 0 Å². The van der Waals surface area contributed by atoms with Gasteiger partial charge in [-0.3, -0.25) is 0 Å². The Morgan fingerprint density at radius 2 is 0.780 bits per heavy atom. The number of halogens is 2. The van der Waals surface area contributed by atoms with Gasteiger partial charge in [-0.1, -0.05) is 105 Å². The zero-order chi connectivity index (χ0) is 29.5. The molecule has 0 amide bonds. The SMILES string of the molecule is CCCCCCc1c(Br)sc(-c2nnc(-c3sc(Br)c(CCCCCC)c3CCCCCC)o2)c1CCCCCC. The highest BCUT2D eigenvalue weighted by Gasteiger charge is 2.25. The Morgan fingerprint density at radius 1 is 0.463 bits per heavy atom. The van der Waals surface area contributed by atoms with Crippen molar-refractivity contribution < 1.29 is 4.42 Å². The second kappa shape index (κ2) is 19.7. The minimum atomic E-state index is 0.696. The number of rotatable bonds is 22. The molecule has 41 heavy (non-hydrogen) atoms. The van der Waals surface area contributed by atoms with E-state index in [2.05, 4.69) is 69.8 Å². The van der Waals surface area contributed by atoms with Crippen LogP contribution in [0.25, 0.3) is 21.5 Å². The molecule has 3 heterocycles. The van der Waals surface area contributed by atoms with Crippen molar-refractivity contribution in [2.75, 3.05) is 0 Å². The average molecular weight is 729 g/mol. The van der Waals surface area contributed by atoms with Crippen molar-refractivity contribution in [2.24, 2.45) is 0 Å². The standard InChI is InChI=1S/C34H52Br2N2OS2/c1-5-9-13-17-21-25-27(23-19-15-11-7-3)31(35)40-29(25)33-37-38-34(39-33)30-26(22-18-14-10-6-2)28(32(36)41-30)24-20-16-12-8-4/h5-24H2,1-4H3. The molecule has 7 heteroatoms. The molecule has 0 spiro atoms. The van der Waals surface area contributed by atoms with Crippen molar-refractivity contribution in [2.45, 2.75) is 156 Å². The van der Waals surface area contributed by atoms with Crippen LogP contribution in [0.1, 0.15) is 153 Å². The highest BCUT2D eigenvalue weighted by Crippen LogP contribution is 2.45. The fraction of sp³-hybridized carbons (Fsp3) is 0.706. The first-order valence-electron chi connectivity index (χ1n) is 16.5. The molecule has 0 aliphatic rings. The normalized spacial score (nSPS) is 11.7. The second-order valence-corrected chi connectivity index (χ2v) is 16.2. The van der Waals surface area contributed by atoms with Gasteiger partial charge in [0.15, 0.2) is 0 Å². The Labute approximate surface area is 275 Å². The summed E-state index contributed by atoms with van der Waals surface area (Å²) >= 11 is 11.5. The van der Waals surface area contributed by atoms with Crippen molar-refractivity contribution >= 4 is 54.5 Å². The zero-order valence-electron chi connectivity index (χ0n) is 26.0. The maximum Gasteiger partial charge on any atom is 0.258 e. The van der Waals surface area contributed by atoms with Crippen LogP contribution in [0.15, 0.2) is 12.0 Å². The molecule has 0 bridgehead atoms. The number of unbranched alkanes of at least 4 members (excludes halogenated alkanes) is 12. The van der Waals surface area contributed by atoms with E-state index in [0.717, 1.165) is 25.7 Å². The molecular weight excluding hydrogens is 676 g/mol. The molecule has 0 radical (unpaired) electrons. The largest absolute Gasteiger partial charge is 0.414 e. The minimum absolute atomic E-state index is 0.696. The molecule has 3 nitrogen and oxygen atoms in total. The first-order valence-corrected chi connectivity index (χ1v) is 19.7. The van der Waals surface area contributed by atoms with E-state index in [1.165, 1.54) is 142 Å². The topological polar surface area (TPSA) is 38.9 Å². The Bertz CT molecular complexity index is 1060. The smallest absolute Gasteiger partial charge is 0.258 e. The first kappa shape index (κ1) is 35.0. The Kier molecular flexibility index (Phi) is 16.8. The first-order chi connectivity index (χ1) is 20.0. The lowest BCUT2D eigenvalue weighted by molar-refractivity contribution is 0.584. The monoisotopic (exact) mass is 726 g/mol. The van der Waals surface area contributed by atoms with Crippen LogP contribution in [0.4, 0.5) is 0 Å². The summed E-state index contributed by atoms with van der Waals surface area (Å²) < 4.78 is 9.07. The predicted octanol–water partition coefficient (Wildman–Crippen LogP) is 13.5. The minimum Gasteiger partial charge on any atom is -0.414 e. The summed E-state index contributed by atoms with van der Waals surface area (Å²) in [7, 11) is 0. The van der Waals surface area contributed by atoms with Crippen molar-refractivity contribution in [3.63, 3.8) is 0 Å². The van der Waals surface area contributed by atoms with E-state index >= 15 is 0 Å². The van der Waals surface area contributed by atoms with Gasteiger partial charge in [-0.25, -0.2) is 0 Å². The third kappa shape index (κ3) is 10.6. The molecule has 0 aliphatic carbocycles. The highest BCUT2D eigenvalue weighted by atomic mass is 79.9. The summed E-state index contributed by atoms with van der Waals surface area (Å²) in [4.78, 5) is 2.36. The summed E-state index contributed by atoms with van der Waals surface area (Å²) in [6.07, 6.45) is 24.8. The molecule has 0 aliphatic heterocycles. The lowest BCUT2D eigenvalue weighted by Crippen LogP contribution is -1.95. The molecule has 230 valence electrons. The second-order valence-electron chi connectivity index (χ2n) is 11.5. The van der Waals surface area contributed by atoms with Crippen LogP contribution >= 0.6 is 54.5 Å². The molecule has 0 N–H and O–H groups in total. The molecule has 0 atom stereocenters. The number of thiophene rings is 2. The molecule has 0 saturated heterocycles. The quantitative estimate of drug-likeness (QED) is 0.0967. The predicted molar refractivity (Wildman–Crippen MR) is 188 cm³/mol. The maximum atomic E-state index is 6.57. The molecule has 3 aromatic rings. The fourth-order valence-corrected chi connectivity index (χ4v) is 9.57. The number of nitrogens with zero attached hydrogens (tertiary/aromatic N) is 2. The molecule has 0 aromatic carbocycles. The Morgan fingerprint density at radius 3 is 1.10 bits per heavy atom. The molecule has 3 rings (SSSR count). The van der Waals surface area contributed by atoms with Gasteiger partial charge in [0.1, 0.15) is 0 Å². The van der Waals surface area contributed by atoms with E-state index in [0.29, 0.717) is 11.8 Å². The van der Waals surface area contributed by atoms with Crippen molar-refractivity contribution in [3.8, 4) is 21.5 Å². The van der Waals surface area contributed by atoms with Crippen LogP contribution < -0.4 is 0 Å². The maximum absolute atomic E-state index is 6.57. The summed E-state index contributed by atoms with van der Waals surface area (Å²) in [6.45, 7) is 9.12. The van der Waals surface area contributed by atoms with Gasteiger partial charge in [-0.2, -0.15) is 0 Å². The molecule has 3 aromatic heterocycles. The summed E-state index contributed by atoms with van der Waals surface area (Å²) in [6, 6.07) is 0. The summed E-state index contributed by atoms with van der Waals surface area (Å²) in [5.74, 6) is 1.39. The van der Waals surface area contributed by atoms with Gasteiger partial charge in [-0.05, 0) is 105 Å². The van der Waals surface area contributed by atoms with Crippen LogP contribution in [0.2, 0.25) is 0 Å². The van der Waals surface area contributed by atoms with Crippen LogP contribution in [-0.4, -0.2) is 10.2 Å². The lowest BCUT2D eigenvalue weighted by atomic mass is 9.98. The molecule has 0 unspecified atom stereocenters. The molecular formula is C34H52Br2N2OS2. The van der Waals surface area contributed by atoms with Gasteiger partial charge in [0.2, 0.25) is 0 Å². The van der Waals surface area contributed by atoms with Gasteiger partial charge in [-0.15, -0.1) is 32.9 Å². The average Bonchev–Trinajstić information content (AvgIpc) is 3.66. The van der Waals surface area contributed by atoms with Gasteiger partial charge in [0.25, 0.3) is 11.8 Å². The van der Waals surface area contributed by atoms with E-state index in [1.807, 2.05) is 0 Å². The van der Waals surface area contributed by atoms with Crippen molar-refractivity contribution in [3.05, 3.63) is 29.8 Å². The fourth-order valence-electron chi connectivity index (χ4n) is 5.63. The Balaban J connectivity index is 1.91. The zero-order valence-corrected chi connectivity index (χ0v) is 30.8. The van der Waals surface area contributed by atoms with Crippen LogP contribution in [0, 0.1) is 0 Å². The Hall–Kier alpha value is -0.500. The number of aromatic nitrogens is 2. The number of hydrogen-bond donors (Lipinski definition) is 0. The summed E-state index contributed by atoms with van der Waals surface area (Å²) in [5, 5.41) is 9.35. The van der Waals surface area contributed by atoms with Crippen LogP contribution in [-0.2, 0) is 25.7 Å². The van der Waals surface area contributed by atoms with Gasteiger partial charge in [0, 0.05) is 0 Å². The lowest BCUT2D eigenvalue weighted by Gasteiger charge is -2.08. The van der Waals surface area contributed by atoms with E-state index < -0.39 is 0 Å². The van der Waals surface area contributed by atoms with E-state index in [4.69, 9.17) is 4.42 Å². The highest BCUT2D eigenvalue weighted by molar-refractivity contribution is 9.11. The van der Waals surface area contributed by atoms with Crippen molar-refractivity contribution in [1.29, 1.82) is 0 Å². The van der Waals surface area contributed by atoms with Crippen molar-refractivity contribution in [1.82, 2.24) is 10.2 Å². The van der Waals surface area contributed by atoms with Gasteiger partial charge >= 0.3 is 0 Å². The van der Waals surface area contributed by atoms with E-state index in [1.54, 1.807) is 22.7 Å². The third-order valence-corrected chi connectivity index (χ3v) is 12.1. The molecule has 0 saturated carbocycles. The van der Waals surface area contributed by atoms with Crippen LogP contribution in [0.5, 0.6) is 0 Å². The summed E-state index contributed by atoms with van der Waals surface area (Å²) in [5.41, 5.74) is 5.83. The molecule has 0 fully saturated rings. The van der Waals surface area contributed by atoms with Gasteiger partial charge in [0.05, 0.1) is 17.3 Å². The van der Waals surface area contributed by atoms with Crippen LogP contribution in [0.3, 0.4) is 0 Å². The number of hydrogen-bond acceptors (Lipinski definition) is 5. The third-order valence-electron chi connectivity index (χ3n) is 8.07. The van der Waals surface area contributed by atoms with Gasteiger partial charge < -0.3 is 4.42 Å².